The number of nitrogens with zero attached hydrogens (tertiary/aromatic N) is 1. The summed E-state index contributed by atoms with van der Waals surface area (Å²) in [5.74, 6) is -1.10. The van der Waals surface area contributed by atoms with Gasteiger partial charge in [-0.05, 0) is 24.6 Å². The second-order valence-corrected chi connectivity index (χ2v) is 4.90. The van der Waals surface area contributed by atoms with Gasteiger partial charge in [0.2, 0.25) is 5.91 Å². The molecule has 0 aromatic heterocycles. The minimum absolute atomic E-state index is 0.0847. The van der Waals surface area contributed by atoms with Crippen molar-refractivity contribution in [2.75, 3.05) is 11.5 Å². The monoisotopic (exact) mass is 278 g/mol. The lowest BCUT2D eigenvalue weighted by Crippen LogP contribution is -2.28. The Morgan fingerprint density at radius 3 is 2.53 bits per heavy atom. The summed E-state index contributed by atoms with van der Waals surface area (Å²) in [4.78, 5) is 21.9. The molecule has 5 nitrogen and oxygen atoms in total. The van der Waals surface area contributed by atoms with Crippen LogP contribution in [-0.4, -0.2) is 28.5 Å². The Morgan fingerprint density at radius 2 is 2.00 bits per heavy atom. The standard InChI is InChI=1S/C13H14N2O3S/c1-9(11-4-2-10(6-14)3-5-11)15-12(16)7-19-8-13(17)18/h2-5,9H,7-8H2,1H3,(H,15,16)(H,17,18). The van der Waals surface area contributed by atoms with Gasteiger partial charge in [-0.3, -0.25) is 9.59 Å². The van der Waals surface area contributed by atoms with Crippen LogP contribution in [0.25, 0.3) is 0 Å². The van der Waals surface area contributed by atoms with Crippen LogP contribution in [0.5, 0.6) is 0 Å². The van der Waals surface area contributed by atoms with Gasteiger partial charge in [0, 0.05) is 0 Å². The number of hydrogen-bond acceptors (Lipinski definition) is 4. The van der Waals surface area contributed by atoms with E-state index in [4.69, 9.17) is 10.4 Å². The summed E-state index contributed by atoms with van der Waals surface area (Å²) in [5, 5.41) is 19.9. The predicted octanol–water partition coefficient (Wildman–Crippen LogP) is 1.55. The van der Waals surface area contributed by atoms with Gasteiger partial charge in [0.15, 0.2) is 0 Å². The molecular formula is C13H14N2O3S. The van der Waals surface area contributed by atoms with Gasteiger partial charge in [-0.15, -0.1) is 11.8 Å². The fourth-order valence-electron chi connectivity index (χ4n) is 1.44. The maximum absolute atomic E-state index is 11.6. The smallest absolute Gasteiger partial charge is 0.313 e. The van der Waals surface area contributed by atoms with Gasteiger partial charge >= 0.3 is 5.97 Å². The van der Waals surface area contributed by atoms with Crippen LogP contribution in [-0.2, 0) is 9.59 Å². The Balaban J connectivity index is 2.45. The highest BCUT2D eigenvalue weighted by Crippen LogP contribution is 2.13. The van der Waals surface area contributed by atoms with Crippen molar-refractivity contribution in [3.8, 4) is 6.07 Å². The third-order valence-electron chi connectivity index (χ3n) is 2.38. The van der Waals surface area contributed by atoms with E-state index in [0.29, 0.717) is 5.56 Å². The van der Waals surface area contributed by atoms with Gasteiger partial charge in [-0.1, -0.05) is 12.1 Å². The van der Waals surface area contributed by atoms with Gasteiger partial charge in [0.25, 0.3) is 0 Å². The zero-order valence-corrected chi connectivity index (χ0v) is 11.2. The molecule has 0 bridgehead atoms. The summed E-state index contributed by atoms with van der Waals surface area (Å²) < 4.78 is 0. The first-order chi connectivity index (χ1) is 9.02. The number of nitriles is 1. The van der Waals surface area contributed by atoms with Crippen molar-refractivity contribution in [2.45, 2.75) is 13.0 Å². The predicted molar refractivity (Wildman–Crippen MR) is 72.7 cm³/mol. The number of benzene rings is 1. The number of carboxylic acid groups (broad SMARTS) is 1. The van der Waals surface area contributed by atoms with Crippen LogP contribution < -0.4 is 5.32 Å². The van der Waals surface area contributed by atoms with E-state index in [9.17, 15) is 9.59 Å². The van der Waals surface area contributed by atoms with E-state index in [1.165, 1.54) is 0 Å². The molecule has 1 atom stereocenters. The zero-order valence-electron chi connectivity index (χ0n) is 10.4. The molecule has 1 aromatic carbocycles. The summed E-state index contributed by atoms with van der Waals surface area (Å²) in [5.41, 5.74) is 1.47. The maximum atomic E-state index is 11.6. The third kappa shape index (κ3) is 5.44. The van der Waals surface area contributed by atoms with Crippen LogP contribution in [0.1, 0.15) is 24.1 Å². The highest BCUT2D eigenvalue weighted by Gasteiger charge is 2.10. The first kappa shape index (κ1) is 15.1. The fourth-order valence-corrected chi connectivity index (χ4v) is 1.99. The van der Waals surface area contributed by atoms with E-state index < -0.39 is 5.97 Å². The van der Waals surface area contributed by atoms with Crippen LogP contribution in [0.15, 0.2) is 24.3 Å². The summed E-state index contributed by atoms with van der Waals surface area (Å²) >= 11 is 1.06. The number of amides is 1. The van der Waals surface area contributed by atoms with Crippen molar-refractivity contribution in [2.24, 2.45) is 0 Å². The van der Waals surface area contributed by atoms with Crippen molar-refractivity contribution in [1.82, 2.24) is 5.32 Å². The number of aliphatic carboxylic acids is 1. The Labute approximate surface area is 115 Å². The molecular weight excluding hydrogens is 264 g/mol. The number of carbonyl (C=O) groups excluding carboxylic acids is 1. The first-order valence-electron chi connectivity index (χ1n) is 5.62. The first-order valence-corrected chi connectivity index (χ1v) is 6.77. The molecule has 0 heterocycles. The highest BCUT2D eigenvalue weighted by atomic mass is 32.2. The second-order valence-electron chi connectivity index (χ2n) is 3.91. The minimum atomic E-state index is -0.932. The van der Waals surface area contributed by atoms with Crippen LogP contribution in [0, 0.1) is 11.3 Å². The van der Waals surface area contributed by atoms with Crippen molar-refractivity contribution in [3.63, 3.8) is 0 Å². The second kappa shape index (κ2) is 7.44. The molecule has 0 spiro atoms. The number of carboxylic acids is 1. The van der Waals surface area contributed by atoms with E-state index in [2.05, 4.69) is 5.32 Å². The van der Waals surface area contributed by atoms with Crippen molar-refractivity contribution in [1.29, 1.82) is 5.26 Å². The highest BCUT2D eigenvalue weighted by molar-refractivity contribution is 8.00. The number of nitrogens with one attached hydrogen (secondary N) is 1. The molecule has 1 aromatic rings. The molecule has 0 radical (unpaired) electrons. The normalized spacial score (nSPS) is 11.4. The minimum Gasteiger partial charge on any atom is -0.481 e. The van der Waals surface area contributed by atoms with Crippen LogP contribution in [0.3, 0.4) is 0 Å². The Hall–Kier alpha value is -2.00. The van der Waals surface area contributed by atoms with E-state index in [1.807, 2.05) is 13.0 Å². The van der Waals surface area contributed by atoms with E-state index in [0.717, 1.165) is 17.3 Å². The number of thioether (sulfide) groups is 1. The Kier molecular flexibility index (Phi) is 5.90. The van der Waals surface area contributed by atoms with Gasteiger partial charge < -0.3 is 10.4 Å². The largest absolute Gasteiger partial charge is 0.481 e. The lowest BCUT2D eigenvalue weighted by atomic mass is 10.1. The topological polar surface area (TPSA) is 90.2 Å². The summed E-state index contributed by atoms with van der Waals surface area (Å²) in [7, 11) is 0. The molecule has 2 N–H and O–H groups in total. The summed E-state index contributed by atoms with van der Waals surface area (Å²) in [6, 6.07) is 8.81. The molecule has 1 unspecified atom stereocenters. The molecule has 0 fully saturated rings. The molecule has 6 heteroatoms. The van der Waals surface area contributed by atoms with E-state index in [-0.39, 0.29) is 23.5 Å². The molecule has 0 saturated heterocycles. The fraction of sp³-hybridized carbons (Fsp3) is 0.308. The quantitative estimate of drug-likeness (QED) is 0.824. The average molecular weight is 278 g/mol. The molecule has 1 amide bonds. The lowest BCUT2D eigenvalue weighted by molar-refractivity contribution is -0.133. The molecule has 19 heavy (non-hydrogen) atoms. The summed E-state index contributed by atoms with van der Waals surface area (Å²) in [6.07, 6.45) is 0. The van der Waals surface area contributed by atoms with Gasteiger partial charge in [0.1, 0.15) is 0 Å². The molecule has 100 valence electrons. The average Bonchev–Trinajstić information content (AvgIpc) is 2.38. The third-order valence-corrected chi connectivity index (χ3v) is 3.29. The Bertz CT molecular complexity index is 494. The van der Waals surface area contributed by atoms with Crippen molar-refractivity contribution in [3.05, 3.63) is 35.4 Å². The van der Waals surface area contributed by atoms with Crippen molar-refractivity contribution >= 4 is 23.6 Å². The number of rotatable bonds is 6. The Morgan fingerprint density at radius 1 is 1.37 bits per heavy atom. The maximum Gasteiger partial charge on any atom is 0.313 e. The van der Waals surface area contributed by atoms with Crippen LogP contribution >= 0.6 is 11.8 Å². The lowest BCUT2D eigenvalue weighted by Gasteiger charge is -2.14. The van der Waals surface area contributed by atoms with Gasteiger partial charge in [0.05, 0.1) is 29.2 Å². The molecule has 0 aliphatic carbocycles. The van der Waals surface area contributed by atoms with Gasteiger partial charge in [-0.25, -0.2) is 0 Å². The number of carbonyl (C=O) groups is 2. The van der Waals surface area contributed by atoms with Crippen LogP contribution in [0.2, 0.25) is 0 Å². The van der Waals surface area contributed by atoms with Gasteiger partial charge in [-0.2, -0.15) is 5.26 Å². The molecule has 0 aliphatic heterocycles. The SMILES string of the molecule is CC(NC(=O)CSCC(=O)O)c1ccc(C#N)cc1. The van der Waals surface area contributed by atoms with Crippen LogP contribution in [0.4, 0.5) is 0 Å². The molecule has 1 rings (SSSR count). The van der Waals surface area contributed by atoms with Crippen molar-refractivity contribution < 1.29 is 14.7 Å². The van der Waals surface area contributed by atoms with E-state index in [1.54, 1.807) is 24.3 Å². The molecule has 0 saturated carbocycles. The molecule has 0 aliphatic rings. The summed E-state index contributed by atoms with van der Waals surface area (Å²) in [6.45, 7) is 1.83. The zero-order chi connectivity index (χ0) is 14.3. The number of hydrogen-bond donors (Lipinski definition) is 2. The van der Waals surface area contributed by atoms with E-state index >= 15 is 0 Å².